The molecule has 6 heteroatoms. The van der Waals surface area contributed by atoms with Crippen molar-refractivity contribution in [3.63, 3.8) is 0 Å². The van der Waals surface area contributed by atoms with Crippen LogP contribution in [-0.4, -0.2) is 50.8 Å². The Morgan fingerprint density at radius 3 is 2.00 bits per heavy atom. The lowest BCUT2D eigenvalue weighted by Crippen LogP contribution is -2.66. The summed E-state index contributed by atoms with van der Waals surface area (Å²) in [5, 5.41) is 0. The van der Waals surface area contributed by atoms with Crippen molar-refractivity contribution in [1.29, 1.82) is 0 Å². The number of ether oxygens (including phenoxy) is 3. The molecule has 0 unspecified atom stereocenters. The van der Waals surface area contributed by atoms with Crippen LogP contribution < -0.4 is 19.9 Å². The van der Waals surface area contributed by atoms with E-state index in [2.05, 4.69) is 0 Å². The Balaban J connectivity index is 2.31. The molecule has 0 aromatic heterocycles. The van der Waals surface area contributed by atoms with Crippen LogP contribution in [0.3, 0.4) is 0 Å². The van der Waals surface area contributed by atoms with E-state index in [9.17, 15) is 4.79 Å². The number of nitrogens with zero attached hydrogens (tertiary/aromatic N) is 1. The molecule has 1 aromatic rings. The topological polar surface area (TPSA) is 74.0 Å². The van der Waals surface area contributed by atoms with E-state index in [1.54, 1.807) is 17.0 Å². The Morgan fingerprint density at radius 2 is 1.65 bits per heavy atom. The van der Waals surface area contributed by atoms with Gasteiger partial charge in [0.2, 0.25) is 5.75 Å². The molecule has 2 N–H and O–H groups in total. The van der Waals surface area contributed by atoms with Gasteiger partial charge in [0.05, 0.1) is 21.3 Å². The molecule has 1 saturated heterocycles. The molecule has 1 aromatic carbocycles. The lowest BCUT2D eigenvalue weighted by atomic mass is 9.93. The van der Waals surface area contributed by atoms with Crippen LogP contribution in [0.25, 0.3) is 0 Å². The Bertz CT molecular complexity index is 495. The summed E-state index contributed by atoms with van der Waals surface area (Å²) in [7, 11) is 4.56. The van der Waals surface area contributed by atoms with E-state index in [1.807, 2.05) is 6.92 Å². The Hall–Kier alpha value is -1.95. The fraction of sp³-hybridized carbons (Fsp3) is 0.500. The molecule has 20 heavy (non-hydrogen) atoms. The molecule has 2 rings (SSSR count). The Labute approximate surface area is 118 Å². The first-order valence-corrected chi connectivity index (χ1v) is 6.30. The van der Waals surface area contributed by atoms with Gasteiger partial charge in [-0.15, -0.1) is 0 Å². The number of carbonyl (C=O) groups excluding carboxylic acids is 1. The first-order valence-electron chi connectivity index (χ1n) is 6.30. The zero-order chi connectivity index (χ0) is 14.9. The van der Waals surface area contributed by atoms with Crippen LogP contribution in [0, 0.1) is 0 Å². The van der Waals surface area contributed by atoms with Crippen molar-refractivity contribution in [1.82, 2.24) is 4.90 Å². The van der Waals surface area contributed by atoms with Crippen LogP contribution in [0.4, 0.5) is 0 Å². The first kappa shape index (κ1) is 14.5. The summed E-state index contributed by atoms with van der Waals surface area (Å²) >= 11 is 0. The molecule has 0 spiro atoms. The molecule has 0 bridgehead atoms. The summed E-state index contributed by atoms with van der Waals surface area (Å²) in [6.07, 6.45) is 0. The summed E-state index contributed by atoms with van der Waals surface area (Å²) < 4.78 is 15.7. The smallest absolute Gasteiger partial charge is 0.254 e. The van der Waals surface area contributed by atoms with E-state index < -0.39 is 0 Å². The normalized spacial score (nSPS) is 16.4. The maximum atomic E-state index is 12.4. The number of nitrogens with two attached hydrogens (primary N) is 1. The van der Waals surface area contributed by atoms with Gasteiger partial charge in [-0.2, -0.15) is 0 Å². The molecule has 0 aliphatic carbocycles. The quantitative estimate of drug-likeness (QED) is 0.886. The SMILES string of the molecule is COc1cc(C(=O)N2CC(C)(N)C2)cc(OC)c1OC. The highest BCUT2D eigenvalue weighted by molar-refractivity contribution is 5.96. The second-order valence-corrected chi connectivity index (χ2v) is 5.23. The fourth-order valence-electron chi connectivity index (χ4n) is 2.36. The molecule has 1 aliphatic heterocycles. The Kier molecular flexibility index (Phi) is 3.76. The minimum Gasteiger partial charge on any atom is -0.493 e. The third kappa shape index (κ3) is 2.51. The predicted molar refractivity (Wildman–Crippen MR) is 74.6 cm³/mol. The van der Waals surface area contributed by atoms with Crippen molar-refractivity contribution in [3.8, 4) is 17.2 Å². The Morgan fingerprint density at radius 1 is 1.15 bits per heavy atom. The number of benzene rings is 1. The monoisotopic (exact) mass is 280 g/mol. The van der Waals surface area contributed by atoms with Gasteiger partial charge in [-0.1, -0.05) is 0 Å². The van der Waals surface area contributed by atoms with Crippen molar-refractivity contribution in [3.05, 3.63) is 17.7 Å². The zero-order valence-electron chi connectivity index (χ0n) is 12.2. The molecule has 110 valence electrons. The summed E-state index contributed by atoms with van der Waals surface area (Å²) in [6.45, 7) is 3.01. The van der Waals surface area contributed by atoms with Gasteiger partial charge in [0.1, 0.15) is 0 Å². The van der Waals surface area contributed by atoms with E-state index in [1.165, 1.54) is 21.3 Å². The van der Waals surface area contributed by atoms with Crippen molar-refractivity contribution >= 4 is 5.91 Å². The van der Waals surface area contributed by atoms with Crippen LogP contribution in [0.2, 0.25) is 0 Å². The fourth-order valence-corrected chi connectivity index (χ4v) is 2.36. The molecule has 0 atom stereocenters. The molecule has 1 aliphatic rings. The maximum Gasteiger partial charge on any atom is 0.254 e. The van der Waals surface area contributed by atoms with E-state index in [4.69, 9.17) is 19.9 Å². The van der Waals surface area contributed by atoms with Crippen molar-refractivity contribution in [2.75, 3.05) is 34.4 Å². The number of likely N-dealkylation sites (tertiary alicyclic amines) is 1. The lowest BCUT2D eigenvalue weighted by molar-refractivity contribution is 0.0453. The standard InChI is InChI=1S/C14H20N2O4/c1-14(15)7-16(8-14)13(17)9-5-10(18-2)12(20-4)11(6-9)19-3/h5-6H,7-8,15H2,1-4H3. The van der Waals surface area contributed by atoms with Gasteiger partial charge >= 0.3 is 0 Å². The van der Waals surface area contributed by atoms with Gasteiger partial charge in [-0.25, -0.2) is 0 Å². The van der Waals surface area contributed by atoms with Gasteiger partial charge in [0.15, 0.2) is 11.5 Å². The molecule has 1 amide bonds. The van der Waals surface area contributed by atoms with E-state index in [0.29, 0.717) is 35.9 Å². The molecular weight excluding hydrogens is 260 g/mol. The number of hydrogen-bond acceptors (Lipinski definition) is 5. The van der Waals surface area contributed by atoms with Gasteiger partial charge in [0, 0.05) is 24.2 Å². The summed E-state index contributed by atoms with van der Waals surface area (Å²) in [6, 6.07) is 3.30. The van der Waals surface area contributed by atoms with Crippen LogP contribution >= 0.6 is 0 Å². The van der Waals surface area contributed by atoms with E-state index >= 15 is 0 Å². The second kappa shape index (κ2) is 5.20. The van der Waals surface area contributed by atoms with Crippen molar-refractivity contribution in [2.24, 2.45) is 5.73 Å². The molecular formula is C14H20N2O4. The first-order chi connectivity index (χ1) is 9.41. The highest BCUT2D eigenvalue weighted by atomic mass is 16.5. The lowest BCUT2D eigenvalue weighted by Gasteiger charge is -2.45. The van der Waals surface area contributed by atoms with Crippen molar-refractivity contribution < 1.29 is 19.0 Å². The minimum atomic E-state index is -0.295. The predicted octanol–water partition coefficient (Wildman–Crippen LogP) is 0.886. The average Bonchev–Trinajstić information content (AvgIpc) is 2.41. The number of rotatable bonds is 4. The van der Waals surface area contributed by atoms with Crippen LogP contribution in [0.1, 0.15) is 17.3 Å². The highest BCUT2D eigenvalue weighted by Crippen LogP contribution is 2.38. The number of methoxy groups -OCH3 is 3. The van der Waals surface area contributed by atoms with Crippen LogP contribution in [0.5, 0.6) is 17.2 Å². The number of hydrogen-bond donors (Lipinski definition) is 1. The molecule has 0 radical (unpaired) electrons. The number of amides is 1. The van der Waals surface area contributed by atoms with E-state index in [0.717, 1.165) is 0 Å². The van der Waals surface area contributed by atoms with Crippen LogP contribution in [-0.2, 0) is 0 Å². The number of carbonyl (C=O) groups is 1. The second-order valence-electron chi connectivity index (χ2n) is 5.23. The minimum absolute atomic E-state index is 0.0906. The maximum absolute atomic E-state index is 12.4. The summed E-state index contributed by atoms with van der Waals surface area (Å²) in [5.41, 5.74) is 6.12. The third-order valence-corrected chi connectivity index (χ3v) is 3.30. The van der Waals surface area contributed by atoms with Gasteiger partial charge < -0.3 is 24.8 Å². The van der Waals surface area contributed by atoms with Crippen LogP contribution in [0.15, 0.2) is 12.1 Å². The third-order valence-electron chi connectivity index (χ3n) is 3.30. The molecule has 1 heterocycles. The molecule has 6 nitrogen and oxygen atoms in total. The highest BCUT2D eigenvalue weighted by Gasteiger charge is 2.38. The summed E-state index contributed by atoms with van der Waals surface area (Å²) in [4.78, 5) is 14.1. The largest absolute Gasteiger partial charge is 0.493 e. The van der Waals surface area contributed by atoms with Crippen molar-refractivity contribution in [2.45, 2.75) is 12.5 Å². The molecule has 1 fully saturated rings. The molecule has 0 saturated carbocycles. The average molecular weight is 280 g/mol. The van der Waals surface area contributed by atoms with Gasteiger partial charge in [-0.05, 0) is 19.1 Å². The van der Waals surface area contributed by atoms with Gasteiger partial charge in [-0.3, -0.25) is 4.79 Å². The van der Waals surface area contributed by atoms with Gasteiger partial charge in [0.25, 0.3) is 5.91 Å². The zero-order valence-corrected chi connectivity index (χ0v) is 12.2. The van der Waals surface area contributed by atoms with E-state index in [-0.39, 0.29) is 11.4 Å². The summed E-state index contributed by atoms with van der Waals surface area (Å²) in [5.74, 6) is 1.31.